The topological polar surface area (TPSA) is 72.1 Å². The van der Waals surface area contributed by atoms with Crippen LogP contribution in [0.5, 0.6) is 11.5 Å². The molecule has 0 bridgehead atoms. The van der Waals surface area contributed by atoms with E-state index < -0.39 is 0 Å². The molecular weight excluding hydrogens is 312 g/mol. The second kappa shape index (κ2) is 5.18. The van der Waals surface area contributed by atoms with Crippen LogP contribution in [0.1, 0.15) is 24.4 Å². The van der Waals surface area contributed by atoms with E-state index in [1.165, 1.54) is 6.33 Å². The van der Waals surface area contributed by atoms with Crippen LogP contribution in [-0.2, 0) is 6.54 Å². The summed E-state index contributed by atoms with van der Waals surface area (Å²) in [5.74, 6) is 2.38. The Hall–Kier alpha value is -1.60. The van der Waals surface area contributed by atoms with E-state index in [0.29, 0.717) is 6.54 Å². The third-order valence-corrected chi connectivity index (χ3v) is 3.72. The lowest BCUT2D eigenvalue weighted by Crippen LogP contribution is -2.19. The highest BCUT2D eigenvalue weighted by molar-refractivity contribution is 9.10. The quantitative estimate of drug-likeness (QED) is 0.901. The van der Waals surface area contributed by atoms with Gasteiger partial charge in [-0.1, -0.05) is 15.9 Å². The van der Waals surface area contributed by atoms with Gasteiger partial charge in [0.25, 0.3) is 0 Å². The number of nitrogens with one attached hydrogen (secondary N) is 2. The Labute approximate surface area is 118 Å². The number of rotatable bonds is 4. The average molecular weight is 325 g/mol. The monoisotopic (exact) mass is 324 g/mol. The molecule has 0 saturated heterocycles. The Kier molecular flexibility index (Phi) is 3.39. The summed E-state index contributed by atoms with van der Waals surface area (Å²) in [5, 5.41) is 10.1. The Morgan fingerprint density at radius 1 is 1.42 bits per heavy atom. The zero-order valence-corrected chi connectivity index (χ0v) is 11.9. The Morgan fingerprint density at radius 3 is 2.95 bits per heavy atom. The lowest BCUT2D eigenvalue weighted by Gasteiger charge is -2.12. The van der Waals surface area contributed by atoms with Crippen LogP contribution in [0.2, 0.25) is 0 Å². The molecule has 1 aliphatic rings. The molecule has 2 heterocycles. The molecule has 1 aromatic heterocycles. The van der Waals surface area contributed by atoms with Crippen molar-refractivity contribution in [3.63, 3.8) is 0 Å². The van der Waals surface area contributed by atoms with Crippen molar-refractivity contribution in [2.45, 2.75) is 19.5 Å². The molecule has 1 aliphatic heterocycles. The van der Waals surface area contributed by atoms with E-state index in [4.69, 9.17) is 9.47 Å². The summed E-state index contributed by atoms with van der Waals surface area (Å²) < 4.78 is 11.7. The first-order valence-corrected chi connectivity index (χ1v) is 6.70. The Morgan fingerprint density at radius 2 is 2.21 bits per heavy atom. The summed E-state index contributed by atoms with van der Waals surface area (Å²) in [7, 11) is 0. The molecule has 3 rings (SSSR count). The number of ether oxygens (including phenoxy) is 2. The molecule has 0 saturated carbocycles. The van der Waals surface area contributed by atoms with Crippen molar-refractivity contribution in [3.8, 4) is 11.5 Å². The Bertz CT molecular complexity index is 573. The van der Waals surface area contributed by atoms with Crippen molar-refractivity contribution in [1.29, 1.82) is 0 Å². The van der Waals surface area contributed by atoms with Gasteiger partial charge >= 0.3 is 0 Å². The molecular formula is C12H13BrN4O2. The summed E-state index contributed by atoms with van der Waals surface area (Å²) in [5.41, 5.74) is 1.11. The maximum atomic E-state index is 5.37. The highest BCUT2D eigenvalue weighted by atomic mass is 79.9. The van der Waals surface area contributed by atoms with Gasteiger partial charge in [0.2, 0.25) is 6.79 Å². The van der Waals surface area contributed by atoms with Gasteiger partial charge in [0.05, 0.1) is 6.04 Å². The average Bonchev–Trinajstić information content (AvgIpc) is 3.06. The van der Waals surface area contributed by atoms with E-state index >= 15 is 0 Å². The van der Waals surface area contributed by atoms with Gasteiger partial charge in [-0.2, -0.15) is 5.10 Å². The largest absolute Gasteiger partial charge is 0.454 e. The molecule has 0 spiro atoms. The lowest BCUT2D eigenvalue weighted by atomic mass is 10.2. The number of benzene rings is 1. The van der Waals surface area contributed by atoms with E-state index in [1.807, 2.05) is 19.1 Å². The van der Waals surface area contributed by atoms with Gasteiger partial charge in [-0.15, -0.1) is 0 Å². The predicted molar refractivity (Wildman–Crippen MR) is 71.9 cm³/mol. The van der Waals surface area contributed by atoms with Gasteiger partial charge in [-0.05, 0) is 24.6 Å². The second-order valence-corrected chi connectivity index (χ2v) is 5.12. The molecule has 1 unspecified atom stereocenters. The van der Waals surface area contributed by atoms with Crippen LogP contribution >= 0.6 is 15.9 Å². The standard InChI is InChI=1S/C12H13BrN4O2/c1-7(12-15-5-16-17-12)14-4-8-2-10-11(3-9(8)13)19-6-18-10/h2-3,5,7,14H,4,6H2,1H3,(H,15,16,17). The van der Waals surface area contributed by atoms with Crippen molar-refractivity contribution in [3.05, 3.63) is 34.3 Å². The second-order valence-electron chi connectivity index (χ2n) is 4.27. The molecule has 0 fully saturated rings. The van der Waals surface area contributed by atoms with E-state index in [9.17, 15) is 0 Å². The van der Waals surface area contributed by atoms with Crippen molar-refractivity contribution >= 4 is 15.9 Å². The van der Waals surface area contributed by atoms with Gasteiger partial charge in [-0.25, -0.2) is 4.98 Å². The van der Waals surface area contributed by atoms with Crippen molar-refractivity contribution in [2.75, 3.05) is 6.79 Å². The highest BCUT2D eigenvalue weighted by Crippen LogP contribution is 2.36. The van der Waals surface area contributed by atoms with Gasteiger partial charge in [0.15, 0.2) is 11.5 Å². The minimum Gasteiger partial charge on any atom is -0.454 e. The summed E-state index contributed by atoms with van der Waals surface area (Å²) in [4.78, 5) is 4.12. The van der Waals surface area contributed by atoms with E-state index in [1.54, 1.807) is 0 Å². The number of nitrogens with zero attached hydrogens (tertiary/aromatic N) is 2. The summed E-state index contributed by atoms with van der Waals surface area (Å²) in [6.45, 7) is 3.01. The molecule has 19 heavy (non-hydrogen) atoms. The molecule has 0 radical (unpaired) electrons. The predicted octanol–water partition coefficient (Wildman–Crippen LogP) is 2.15. The number of aromatic amines is 1. The molecule has 1 aromatic carbocycles. The molecule has 2 N–H and O–H groups in total. The first-order valence-electron chi connectivity index (χ1n) is 5.90. The fraction of sp³-hybridized carbons (Fsp3) is 0.333. The maximum absolute atomic E-state index is 5.37. The molecule has 6 nitrogen and oxygen atoms in total. The normalized spacial score (nSPS) is 14.6. The van der Waals surface area contributed by atoms with Crippen LogP contribution in [0.15, 0.2) is 22.9 Å². The lowest BCUT2D eigenvalue weighted by molar-refractivity contribution is 0.174. The molecule has 1 atom stereocenters. The number of H-pyrrole nitrogens is 1. The first kappa shape index (κ1) is 12.4. The highest BCUT2D eigenvalue weighted by Gasteiger charge is 2.17. The van der Waals surface area contributed by atoms with Gasteiger partial charge in [-0.3, -0.25) is 5.10 Å². The third kappa shape index (κ3) is 2.57. The Balaban J connectivity index is 1.70. The number of hydrogen-bond donors (Lipinski definition) is 2. The van der Waals surface area contributed by atoms with Crippen LogP contribution in [0.3, 0.4) is 0 Å². The van der Waals surface area contributed by atoms with Crippen molar-refractivity contribution in [2.24, 2.45) is 0 Å². The zero-order valence-electron chi connectivity index (χ0n) is 10.3. The van der Waals surface area contributed by atoms with E-state index in [-0.39, 0.29) is 12.8 Å². The summed E-state index contributed by atoms with van der Waals surface area (Å²) in [6, 6.07) is 4.00. The fourth-order valence-electron chi connectivity index (χ4n) is 1.88. The SMILES string of the molecule is CC(NCc1cc2c(cc1Br)OCO2)c1ncn[nH]1. The number of fused-ring (bicyclic) bond motifs is 1. The smallest absolute Gasteiger partial charge is 0.231 e. The van der Waals surface area contributed by atoms with Crippen molar-refractivity contribution < 1.29 is 9.47 Å². The fourth-order valence-corrected chi connectivity index (χ4v) is 2.34. The van der Waals surface area contributed by atoms with Gasteiger partial charge < -0.3 is 14.8 Å². The van der Waals surface area contributed by atoms with Crippen LogP contribution in [0, 0.1) is 0 Å². The van der Waals surface area contributed by atoms with Crippen LogP contribution < -0.4 is 14.8 Å². The van der Waals surface area contributed by atoms with Gasteiger partial charge in [0.1, 0.15) is 12.2 Å². The van der Waals surface area contributed by atoms with E-state index in [2.05, 4.69) is 36.4 Å². The van der Waals surface area contributed by atoms with Crippen LogP contribution in [-0.4, -0.2) is 22.0 Å². The minimum absolute atomic E-state index is 0.0971. The van der Waals surface area contributed by atoms with Gasteiger partial charge in [0, 0.05) is 11.0 Å². The number of halogens is 1. The summed E-state index contributed by atoms with van der Waals surface area (Å²) in [6.07, 6.45) is 1.50. The zero-order chi connectivity index (χ0) is 13.2. The number of aromatic nitrogens is 3. The molecule has 0 aliphatic carbocycles. The molecule has 100 valence electrons. The molecule has 7 heteroatoms. The molecule has 2 aromatic rings. The van der Waals surface area contributed by atoms with Crippen LogP contribution in [0.25, 0.3) is 0 Å². The van der Waals surface area contributed by atoms with Crippen molar-refractivity contribution in [1.82, 2.24) is 20.5 Å². The maximum Gasteiger partial charge on any atom is 0.231 e. The first-order chi connectivity index (χ1) is 9.24. The molecule has 0 amide bonds. The third-order valence-electron chi connectivity index (χ3n) is 2.98. The minimum atomic E-state index is 0.0971. The summed E-state index contributed by atoms with van der Waals surface area (Å²) >= 11 is 3.54. The number of hydrogen-bond acceptors (Lipinski definition) is 5. The van der Waals surface area contributed by atoms with Crippen LogP contribution in [0.4, 0.5) is 0 Å². The van der Waals surface area contributed by atoms with E-state index in [0.717, 1.165) is 27.4 Å².